The summed E-state index contributed by atoms with van der Waals surface area (Å²) < 4.78 is 6.08. The molecule has 3 aromatic rings. The Morgan fingerprint density at radius 2 is 1.90 bits per heavy atom. The molecule has 0 aliphatic rings. The first-order chi connectivity index (χ1) is 13.9. The summed E-state index contributed by atoms with van der Waals surface area (Å²) in [5.74, 6) is 6.02. The number of rotatable bonds is 5. The summed E-state index contributed by atoms with van der Waals surface area (Å²) in [4.78, 5) is 15.9. The van der Waals surface area contributed by atoms with Gasteiger partial charge in [-0.2, -0.15) is 0 Å². The summed E-state index contributed by atoms with van der Waals surface area (Å²) in [6.07, 6.45) is 1.65. The topological polar surface area (TPSA) is 110 Å². The number of benzene rings is 2. The fourth-order valence-electron chi connectivity index (χ4n) is 3.12. The van der Waals surface area contributed by atoms with Crippen LogP contribution in [0, 0.1) is 20.8 Å². The van der Waals surface area contributed by atoms with Crippen molar-refractivity contribution in [2.75, 3.05) is 5.32 Å². The van der Waals surface area contributed by atoms with Crippen molar-refractivity contribution in [1.82, 2.24) is 10.4 Å². The molecule has 5 N–H and O–H groups in total. The summed E-state index contributed by atoms with van der Waals surface area (Å²) in [5, 5.41) is 12.8. The third-order valence-corrected chi connectivity index (χ3v) is 4.73. The Morgan fingerprint density at radius 1 is 1.10 bits per heavy atom. The Balaban J connectivity index is 1.87. The lowest BCUT2D eigenvalue weighted by Gasteiger charge is -2.17. The highest BCUT2D eigenvalue weighted by Gasteiger charge is 2.14. The van der Waals surface area contributed by atoms with Crippen molar-refractivity contribution in [3.05, 3.63) is 70.9 Å². The molecule has 3 rings (SSSR count). The lowest BCUT2D eigenvalue weighted by atomic mass is 10.0. The molecule has 0 saturated heterocycles. The number of carbonyl (C=O) groups is 1. The highest BCUT2D eigenvalue weighted by molar-refractivity contribution is 5.89. The van der Waals surface area contributed by atoms with Crippen LogP contribution in [0.3, 0.4) is 0 Å². The SMILES string of the molecule is Cc1cc(-c2ncccc2O)c(C)cc1OCc1c(C)cccc1NC(=O)NN. The van der Waals surface area contributed by atoms with Gasteiger partial charge in [-0.05, 0) is 67.8 Å². The summed E-state index contributed by atoms with van der Waals surface area (Å²) in [5.41, 5.74) is 7.79. The highest BCUT2D eigenvalue weighted by Crippen LogP contribution is 2.34. The molecule has 0 bridgehead atoms. The fraction of sp³-hybridized carbons (Fsp3) is 0.182. The Morgan fingerprint density at radius 3 is 2.62 bits per heavy atom. The highest BCUT2D eigenvalue weighted by atomic mass is 16.5. The van der Waals surface area contributed by atoms with Crippen LogP contribution in [0.4, 0.5) is 10.5 Å². The number of hydrogen-bond acceptors (Lipinski definition) is 5. The maximum atomic E-state index is 11.6. The van der Waals surface area contributed by atoms with Gasteiger partial charge in [-0.1, -0.05) is 12.1 Å². The largest absolute Gasteiger partial charge is 0.506 e. The molecule has 29 heavy (non-hydrogen) atoms. The zero-order valence-electron chi connectivity index (χ0n) is 16.6. The van der Waals surface area contributed by atoms with Gasteiger partial charge in [-0.3, -0.25) is 10.4 Å². The lowest BCUT2D eigenvalue weighted by molar-refractivity contribution is 0.252. The summed E-state index contributed by atoms with van der Waals surface area (Å²) in [6.45, 7) is 6.12. The van der Waals surface area contributed by atoms with Gasteiger partial charge in [-0.25, -0.2) is 10.6 Å². The number of hydrogen-bond donors (Lipinski definition) is 4. The number of nitrogens with one attached hydrogen (secondary N) is 2. The van der Waals surface area contributed by atoms with Crippen LogP contribution in [0.1, 0.15) is 22.3 Å². The molecule has 7 nitrogen and oxygen atoms in total. The van der Waals surface area contributed by atoms with Crippen LogP contribution in [0.2, 0.25) is 0 Å². The number of carbonyl (C=O) groups excluding carboxylic acids is 1. The summed E-state index contributed by atoms with van der Waals surface area (Å²) in [7, 11) is 0. The van der Waals surface area contributed by atoms with Crippen molar-refractivity contribution in [1.29, 1.82) is 0 Å². The normalized spacial score (nSPS) is 10.5. The number of aromatic nitrogens is 1. The quantitative estimate of drug-likeness (QED) is 0.299. The molecule has 0 atom stereocenters. The zero-order chi connectivity index (χ0) is 21.0. The van der Waals surface area contributed by atoms with Gasteiger partial charge in [0.05, 0.1) is 0 Å². The molecule has 0 aliphatic heterocycles. The first kappa shape index (κ1) is 20.2. The molecular formula is C22H24N4O3. The van der Waals surface area contributed by atoms with Crippen molar-refractivity contribution < 1.29 is 14.6 Å². The van der Waals surface area contributed by atoms with E-state index in [-0.39, 0.29) is 12.4 Å². The Bertz CT molecular complexity index is 1050. The number of urea groups is 1. The Labute approximate surface area is 169 Å². The third-order valence-electron chi connectivity index (χ3n) is 4.73. The van der Waals surface area contributed by atoms with Gasteiger partial charge in [0.15, 0.2) is 0 Å². The second-order valence-electron chi connectivity index (χ2n) is 6.79. The van der Waals surface area contributed by atoms with Gasteiger partial charge < -0.3 is 15.2 Å². The molecular weight excluding hydrogens is 368 g/mol. The van der Waals surface area contributed by atoms with E-state index in [0.29, 0.717) is 11.4 Å². The van der Waals surface area contributed by atoms with E-state index in [1.54, 1.807) is 24.4 Å². The van der Waals surface area contributed by atoms with Gasteiger partial charge in [0, 0.05) is 23.0 Å². The van der Waals surface area contributed by atoms with Crippen LogP contribution < -0.4 is 21.3 Å². The molecule has 2 amide bonds. The Kier molecular flexibility index (Phi) is 5.99. The van der Waals surface area contributed by atoms with Crippen molar-refractivity contribution in [3.63, 3.8) is 0 Å². The lowest BCUT2D eigenvalue weighted by Crippen LogP contribution is -2.34. The number of aromatic hydroxyl groups is 1. The van der Waals surface area contributed by atoms with Crippen LogP contribution in [-0.4, -0.2) is 16.1 Å². The first-order valence-electron chi connectivity index (χ1n) is 9.15. The van der Waals surface area contributed by atoms with Crippen molar-refractivity contribution in [2.45, 2.75) is 27.4 Å². The van der Waals surface area contributed by atoms with E-state index in [2.05, 4.69) is 15.7 Å². The van der Waals surface area contributed by atoms with Gasteiger partial charge in [0.1, 0.15) is 23.8 Å². The maximum absolute atomic E-state index is 11.6. The molecule has 0 spiro atoms. The van der Waals surface area contributed by atoms with Gasteiger partial charge in [0.2, 0.25) is 0 Å². The number of anilines is 1. The van der Waals surface area contributed by atoms with Crippen molar-refractivity contribution >= 4 is 11.7 Å². The summed E-state index contributed by atoms with van der Waals surface area (Å²) in [6, 6.07) is 12.3. The predicted octanol–water partition coefficient (Wildman–Crippen LogP) is 3.95. The van der Waals surface area contributed by atoms with E-state index in [9.17, 15) is 9.90 Å². The zero-order valence-corrected chi connectivity index (χ0v) is 16.6. The van der Waals surface area contributed by atoms with Crippen LogP contribution in [0.5, 0.6) is 11.5 Å². The van der Waals surface area contributed by atoms with E-state index >= 15 is 0 Å². The predicted molar refractivity (Wildman–Crippen MR) is 113 cm³/mol. The summed E-state index contributed by atoms with van der Waals surface area (Å²) >= 11 is 0. The third kappa shape index (κ3) is 4.47. The van der Waals surface area contributed by atoms with Crippen LogP contribution in [-0.2, 0) is 6.61 Å². The standard InChI is InChI=1S/C22H24N4O3/c1-13-6-4-7-18(25-22(28)26-23)17(13)12-29-20-11-14(2)16(10-15(20)3)21-19(27)8-5-9-24-21/h4-11,27H,12,23H2,1-3H3,(H2,25,26,28). The van der Waals surface area contributed by atoms with Gasteiger partial charge in [0.25, 0.3) is 0 Å². The number of amides is 2. The second kappa shape index (κ2) is 8.62. The second-order valence-corrected chi connectivity index (χ2v) is 6.79. The van der Waals surface area contributed by atoms with E-state index in [1.165, 1.54) is 0 Å². The minimum absolute atomic E-state index is 0.137. The molecule has 0 unspecified atom stereocenters. The fourth-order valence-corrected chi connectivity index (χ4v) is 3.12. The van der Waals surface area contributed by atoms with Crippen molar-refractivity contribution in [2.24, 2.45) is 5.84 Å². The average molecular weight is 392 g/mol. The molecule has 7 heteroatoms. The number of ether oxygens (including phenoxy) is 1. The average Bonchev–Trinajstić information content (AvgIpc) is 2.70. The van der Waals surface area contributed by atoms with E-state index in [0.717, 1.165) is 33.6 Å². The minimum Gasteiger partial charge on any atom is -0.506 e. The van der Waals surface area contributed by atoms with E-state index < -0.39 is 6.03 Å². The van der Waals surface area contributed by atoms with Crippen LogP contribution in [0.25, 0.3) is 11.3 Å². The molecule has 0 fully saturated rings. The van der Waals surface area contributed by atoms with Crippen LogP contribution >= 0.6 is 0 Å². The number of hydrazine groups is 1. The van der Waals surface area contributed by atoms with E-state index in [4.69, 9.17) is 10.6 Å². The molecule has 0 radical (unpaired) electrons. The smallest absolute Gasteiger partial charge is 0.333 e. The Hall–Kier alpha value is -3.58. The van der Waals surface area contributed by atoms with Gasteiger partial charge in [-0.15, -0.1) is 0 Å². The minimum atomic E-state index is -0.497. The van der Waals surface area contributed by atoms with E-state index in [1.807, 2.05) is 45.0 Å². The molecule has 1 heterocycles. The molecule has 150 valence electrons. The van der Waals surface area contributed by atoms with Crippen molar-refractivity contribution in [3.8, 4) is 22.8 Å². The molecule has 0 aliphatic carbocycles. The number of aryl methyl sites for hydroxylation is 3. The molecule has 1 aromatic heterocycles. The number of nitrogens with zero attached hydrogens (tertiary/aromatic N) is 1. The number of pyridine rings is 1. The molecule has 0 saturated carbocycles. The van der Waals surface area contributed by atoms with Crippen LogP contribution in [0.15, 0.2) is 48.7 Å². The van der Waals surface area contributed by atoms with Gasteiger partial charge >= 0.3 is 6.03 Å². The first-order valence-corrected chi connectivity index (χ1v) is 9.15. The number of nitrogens with two attached hydrogens (primary N) is 1. The monoisotopic (exact) mass is 392 g/mol. The molecule has 2 aromatic carbocycles. The maximum Gasteiger partial charge on any atom is 0.333 e.